The van der Waals surface area contributed by atoms with E-state index in [-0.39, 0.29) is 48.3 Å². The van der Waals surface area contributed by atoms with Crippen LogP contribution in [-0.2, 0) is 26.0 Å². The number of carboxylic acid groups (broad SMARTS) is 1. The van der Waals surface area contributed by atoms with Crippen molar-refractivity contribution < 1.29 is 41.0 Å². The molecule has 5 rings (SSSR count). The van der Waals surface area contributed by atoms with Crippen LogP contribution in [0.3, 0.4) is 0 Å². The number of carbonyl (C=O) groups excluding carboxylic acids is 1. The summed E-state index contributed by atoms with van der Waals surface area (Å²) in [5, 5.41) is 17.9. The Morgan fingerprint density at radius 1 is 1.07 bits per heavy atom. The minimum absolute atomic E-state index is 0.0230. The average Bonchev–Trinajstić information content (AvgIpc) is 3.10. The first-order valence-electron chi connectivity index (χ1n) is 15.7. The Bertz CT molecular complexity index is 1520. The van der Waals surface area contributed by atoms with Crippen molar-refractivity contribution in [3.05, 3.63) is 65.0 Å². The molecule has 0 spiro atoms. The fourth-order valence-electron chi connectivity index (χ4n) is 7.35. The monoisotopic (exact) mass is 666 g/mol. The van der Waals surface area contributed by atoms with Crippen molar-refractivity contribution in [2.75, 3.05) is 24.2 Å². The third kappa shape index (κ3) is 7.84. The van der Waals surface area contributed by atoms with Crippen molar-refractivity contribution in [2.45, 2.75) is 88.6 Å². The van der Waals surface area contributed by atoms with Gasteiger partial charge in [0.2, 0.25) is 15.9 Å². The molecule has 2 aromatic rings. The molecule has 2 amide bonds. The Kier molecular flexibility index (Phi) is 10.6. The highest BCUT2D eigenvalue weighted by Crippen LogP contribution is 2.39. The molecule has 46 heavy (non-hydrogen) atoms. The van der Waals surface area contributed by atoms with E-state index in [0.29, 0.717) is 37.9 Å². The standard InChI is InChI=1S/C32H41F3N4O6S/c1-18-14-21(15-19(2)45-18)28(20-5-7-22(33)8-6-20)30(38-32(41)42)31(40)37-29-25(26(34)11-12-27(29)35)10-9-24-16-36-23-4-3-13-46(43,44)39(24)17-23/h5-8,11-12,18-19,21,23-24,28,30,36,38H,3-4,9-10,13-17H2,1-2H3,(H,37,40)(H,41,42)/t18-,19+,21?,23-,24+,28+,30+/m1/s1. The number of hydrogen-bond donors (Lipinski definition) is 4. The van der Waals surface area contributed by atoms with Crippen molar-refractivity contribution in [3.63, 3.8) is 0 Å². The fraction of sp³-hybridized carbons (Fsp3) is 0.562. The molecule has 0 saturated carbocycles. The van der Waals surface area contributed by atoms with Gasteiger partial charge in [0.15, 0.2) is 0 Å². The minimum Gasteiger partial charge on any atom is -0.465 e. The van der Waals surface area contributed by atoms with E-state index in [9.17, 15) is 27.5 Å². The Labute approximate surface area is 267 Å². The van der Waals surface area contributed by atoms with Crippen LogP contribution >= 0.6 is 0 Å². The van der Waals surface area contributed by atoms with Crippen molar-refractivity contribution in [2.24, 2.45) is 5.92 Å². The van der Waals surface area contributed by atoms with Crippen LogP contribution in [0.1, 0.15) is 63.0 Å². The molecule has 0 aliphatic carbocycles. The summed E-state index contributed by atoms with van der Waals surface area (Å²) >= 11 is 0. The first-order valence-corrected chi connectivity index (χ1v) is 17.3. The summed E-state index contributed by atoms with van der Waals surface area (Å²) in [5.41, 5.74) is -0.0826. The van der Waals surface area contributed by atoms with Crippen molar-refractivity contribution in [3.8, 4) is 0 Å². The lowest BCUT2D eigenvalue weighted by atomic mass is 9.74. The van der Waals surface area contributed by atoms with Crippen LogP contribution in [0.2, 0.25) is 0 Å². The quantitative estimate of drug-likeness (QED) is 0.312. The number of halogens is 3. The number of carbonyl (C=O) groups is 2. The van der Waals surface area contributed by atoms with Gasteiger partial charge >= 0.3 is 6.09 Å². The van der Waals surface area contributed by atoms with Gasteiger partial charge in [0.1, 0.15) is 23.5 Å². The number of anilines is 1. The smallest absolute Gasteiger partial charge is 0.405 e. The zero-order chi connectivity index (χ0) is 33.2. The molecule has 2 bridgehead atoms. The summed E-state index contributed by atoms with van der Waals surface area (Å²) in [6, 6.07) is 5.32. The zero-order valence-corrected chi connectivity index (χ0v) is 26.7. The first-order chi connectivity index (χ1) is 21.8. The molecule has 3 aliphatic heterocycles. The van der Waals surface area contributed by atoms with E-state index in [1.54, 1.807) is 0 Å². The Morgan fingerprint density at radius 3 is 2.41 bits per heavy atom. The number of nitrogens with one attached hydrogen (secondary N) is 3. The third-order valence-corrected chi connectivity index (χ3v) is 11.3. The van der Waals surface area contributed by atoms with Crippen LogP contribution in [-0.4, -0.2) is 79.0 Å². The SMILES string of the molecule is C[C@@H]1CC([C@H](c2ccc(F)cc2)[C@H](NC(=O)O)C(=O)Nc2c(F)ccc(F)c2CC[C@H]2CN[C@@H]3CCCS(=O)(=O)N2C3)C[C@H](C)O1. The van der Waals surface area contributed by atoms with Gasteiger partial charge in [0.25, 0.3) is 0 Å². The summed E-state index contributed by atoms with van der Waals surface area (Å²) in [5.74, 6) is -4.17. The predicted molar refractivity (Wildman–Crippen MR) is 165 cm³/mol. The summed E-state index contributed by atoms with van der Waals surface area (Å²) in [4.78, 5) is 26.0. The second-order valence-electron chi connectivity index (χ2n) is 12.7. The van der Waals surface area contributed by atoms with Crippen molar-refractivity contribution >= 4 is 27.7 Å². The van der Waals surface area contributed by atoms with E-state index in [1.807, 2.05) is 13.8 Å². The second kappa shape index (κ2) is 14.3. The number of hydrogen-bond acceptors (Lipinski definition) is 6. The van der Waals surface area contributed by atoms with E-state index in [2.05, 4.69) is 16.0 Å². The van der Waals surface area contributed by atoms with Crippen molar-refractivity contribution in [1.82, 2.24) is 14.9 Å². The van der Waals surface area contributed by atoms with Gasteiger partial charge in [-0.1, -0.05) is 12.1 Å². The van der Waals surface area contributed by atoms with Gasteiger partial charge in [0, 0.05) is 36.7 Å². The topological polar surface area (TPSA) is 137 Å². The zero-order valence-electron chi connectivity index (χ0n) is 25.8. The lowest BCUT2D eigenvalue weighted by molar-refractivity contribution is -0.120. The molecule has 252 valence electrons. The lowest BCUT2D eigenvalue weighted by Crippen LogP contribution is -2.57. The molecule has 8 atom stereocenters. The molecule has 3 aliphatic rings. The number of rotatable bonds is 9. The molecule has 3 fully saturated rings. The summed E-state index contributed by atoms with van der Waals surface area (Å²) in [6.07, 6.45) is 0.401. The Hall–Kier alpha value is -3.20. The predicted octanol–water partition coefficient (Wildman–Crippen LogP) is 4.36. The Balaban J connectivity index is 1.44. The maximum Gasteiger partial charge on any atom is 0.405 e. The molecule has 3 heterocycles. The van der Waals surface area contributed by atoms with Crippen LogP contribution in [0.5, 0.6) is 0 Å². The highest BCUT2D eigenvalue weighted by atomic mass is 32.2. The first kappa shape index (κ1) is 34.1. The summed E-state index contributed by atoms with van der Waals surface area (Å²) < 4.78 is 77.8. The van der Waals surface area contributed by atoms with Crippen molar-refractivity contribution in [1.29, 1.82) is 0 Å². The largest absolute Gasteiger partial charge is 0.465 e. The molecule has 14 heteroatoms. The van der Waals surface area contributed by atoms with Gasteiger partial charge < -0.3 is 25.8 Å². The van der Waals surface area contributed by atoms with Crippen LogP contribution < -0.4 is 16.0 Å². The van der Waals surface area contributed by atoms with Crippen LogP contribution in [0, 0.1) is 23.4 Å². The third-order valence-electron chi connectivity index (χ3n) is 9.36. The van der Waals surface area contributed by atoms with Crippen LogP contribution in [0.15, 0.2) is 36.4 Å². The van der Waals surface area contributed by atoms with E-state index in [0.717, 1.165) is 18.6 Å². The van der Waals surface area contributed by atoms with Gasteiger partial charge in [-0.05, 0) is 88.1 Å². The van der Waals surface area contributed by atoms with Gasteiger partial charge in [-0.25, -0.2) is 26.4 Å². The minimum atomic E-state index is -3.51. The number of ether oxygens (including phenoxy) is 1. The van der Waals surface area contributed by atoms with Gasteiger partial charge in [0.05, 0.1) is 23.6 Å². The van der Waals surface area contributed by atoms with Crippen LogP contribution in [0.4, 0.5) is 23.7 Å². The highest BCUT2D eigenvalue weighted by Gasteiger charge is 2.41. The van der Waals surface area contributed by atoms with Gasteiger partial charge in [-0.15, -0.1) is 0 Å². The van der Waals surface area contributed by atoms with Gasteiger partial charge in [-0.3, -0.25) is 4.79 Å². The molecule has 10 nitrogen and oxygen atoms in total. The average molecular weight is 667 g/mol. The Morgan fingerprint density at radius 2 is 1.74 bits per heavy atom. The second-order valence-corrected chi connectivity index (χ2v) is 14.7. The highest BCUT2D eigenvalue weighted by molar-refractivity contribution is 7.89. The summed E-state index contributed by atoms with van der Waals surface area (Å²) in [6.45, 7) is 4.40. The van der Waals surface area contributed by atoms with Gasteiger partial charge in [-0.2, -0.15) is 4.31 Å². The molecule has 2 aromatic carbocycles. The van der Waals surface area contributed by atoms with E-state index >= 15 is 8.78 Å². The maximum atomic E-state index is 15.4. The maximum absolute atomic E-state index is 15.4. The van der Waals surface area contributed by atoms with E-state index in [1.165, 1.54) is 28.6 Å². The number of piperazine rings is 1. The van der Waals surface area contributed by atoms with Crippen LogP contribution in [0.25, 0.3) is 0 Å². The number of fused-ring (bicyclic) bond motifs is 2. The number of nitrogens with zero attached hydrogens (tertiary/aromatic N) is 1. The summed E-state index contributed by atoms with van der Waals surface area (Å²) in [7, 11) is -3.51. The molecular weight excluding hydrogens is 625 g/mol. The molecule has 0 aromatic heterocycles. The lowest BCUT2D eigenvalue weighted by Gasteiger charge is -2.40. The molecule has 3 saturated heterocycles. The normalized spacial score (nSPS) is 28.8. The van der Waals surface area contributed by atoms with E-state index < -0.39 is 63.2 Å². The fourth-order valence-corrected chi connectivity index (χ4v) is 9.16. The molecule has 0 radical (unpaired) electrons. The molecule has 2 unspecified atom stereocenters. The molecular formula is C32H41F3N4O6S. The number of benzene rings is 2. The number of amides is 2. The number of sulfonamides is 1. The van der Waals surface area contributed by atoms with E-state index in [4.69, 9.17) is 4.74 Å². The molecule has 4 N–H and O–H groups in total.